The van der Waals surface area contributed by atoms with Gasteiger partial charge in [0, 0.05) is 26.1 Å². The molecule has 1 aromatic carbocycles. The predicted molar refractivity (Wildman–Crippen MR) is 95.0 cm³/mol. The summed E-state index contributed by atoms with van der Waals surface area (Å²) in [7, 11) is -3.52. The lowest BCUT2D eigenvalue weighted by molar-refractivity contribution is -0.137. The number of hydrogen-bond acceptors (Lipinski definition) is 5. The summed E-state index contributed by atoms with van der Waals surface area (Å²) in [5.41, 5.74) is 5.66. The zero-order valence-corrected chi connectivity index (χ0v) is 15.3. The van der Waals surface area contributed by atoms with Gasteiger partial charge in [-0.05, 0) is 43.0 Å². The van der Waals surface area contributed by atoms with Crippen molar-refractivity contribution >= 4 is 21.7 Å². The van der Waals surface area contributed by atoms with E-state index in [2.05, 4.69) is 5.32 Å². The first-order valence-corrected chi connectivity index (χ1v) is 10.2. The third-order valence-corrected chi connectivity index (χ3v) is 6.23. The summed E-state index contributed by atoms with van der Waals surface area (Å²) < 4.78 is 39.6. The van der Waals surface area contributed by atoms with E-state index in [1.165, 1.54) is 22.5 Å². The van der Waals surface area contributed by atoms with Gasteiger partial charge in [-0.25, -0.2) is 17.1 Å². The second-order valence-electron chi connectivity index (χ2n) is 6.40. The number of benzene rings is 1. The van der Waals surface area contributed by atoms with Crippen LogP contribution in [0.3, 0.4) is 0 Å². The summed E-state index contributed by atoms with van der Waals surface area (Å²) in [6.07, 6.45) is 1.20. The van der Waals surface area contributed by atoms with E-state index < -0.39 is 27.5 Å². The van der Waals surface area contributed by atoms with Crippen LogP contribution in [0, 0.1) is 11.7 Å². The number of nitrogens with two attached hydrogens (primary N) is 1. The number of carbonyl (C=O) groups excluding carboxylic acids is 2. The van der Waals surface area contributed by atoms with Gasteiger partial charge in [0.2, 0.25) is 15.8 Å². The number of carbonyl (C=O) groups is 2. The Balaban J connectivity index is 1.81. The SMILES string of the molecule is NCCC(=O)C(=O)NCC1CCN(S(=O)(=O)Cc2cccc(F)c2)CC1. The zero-order valence-electron chi connectivity index (χ0n) is 14.5. The summed E-state index contributed by atoms with van der Waals surface area (Å²) in [4.78, 5) is 23.0. The van der Waals surface area contributed by atoms with Gasteiger partial charge in [0.1, 0.15) is 5.82 Å². The Labute approximate surface area is 152 Å². The van der Waals surface area contributed by atoms with Crippen LogP contribution in [0.2, 0.25) is 0 Å². The second-order valence-corrected chi connectivity index (χ2v) is 8.37. The zero-order chi connectivity index (χ0) is 19.2. The molecule has 1 aliphatic rings. The first-order chi connectivity index (χ1) is 12.3. The minimum Gasteiger partial charge on any atom is -0.349 e. The van der Waals surface area contributed by atoms with E-state index in [4.69, 9.17) is 5.73 Å². The van der Waals surface area contributed by atoms with Crippen molar-refractivity contribution in [3.63, 3.8) is 0 Å². The number of halogens is 1. The van der Waals surface area contributed by atoms with Crippen LogP contribution in [-0.4, -0.2) is 50.6 Å². The molecule has 1 aliphatic heterocycles. The molecule has 1 saturated heterocycles. The molecule has 1 heterocycles. The summed E-state index contributed by atoms with van der Waals surface area (Å²) in [6, 6.07) is 5.56. The lowest BCUT2D eigenvalue weighted by Gasteiger charge is -2.31. The van der Waals surface area contributed by atoms with Crippen molar-refractivity contribution in [3.8, 4) is 0 Å². The number of Topliss-reactive ketones (excluding diaryl/α,β-unsaturated/α-hetero) is 1. The van der Waals surface area contributed by atoms with Crippen molar-refractivity contribution < 1.29 is 22.4 Å². The molecule has 0 aliphatic carbocycles. The monoisotopic (exact) mass is 385 g/mol. The molecule has 7 nitrogen and oxygen atoms in total. The molecule has 1 fully saturated rings. The molecule has 0 radical (unpaired) electrons. The smallest absolute Gasteiger partial charge is 0.287 e. The van der Waals surface area contributed by atoms with E-state index >= 15 is 0 Å². The normalized spacial score (nSPS) is 16.4. The molecule has 0 atom stereocenters. The fourth-order valence-electron chi connectivity index (χ4n) is 2.90. The van der Waals surface area contributed by atoms with Crippen molar-refractivity contribution in [3.05, 3.63) is 35.6 Å². The fourth-order valence-corrected chi connectivity index (χ4v) is 4.45. The van der Waals surface area contributed by atoms with Gasteiger partial charge in [0.15, 0.2) is 0 Å². The first kappa shape index (κ1) is 20.5. The van der Waals surface area contributed by atoms with Crippen LogP contribution in [0.1, 0.15) is 24.8 Å². The third kappa shape index (κ3) is 5.86. The molecular formula is C17H24FN3O4S. The molecule has 0 unspecified atom stereocenters. The Hall–Kier alpha value is -1.84. The highest BCUT2D eigenvalue weighted by molar-refractivity contribution is 7.88. The maximum atomic E-state index is 13.2. The van der Waals surface area contributed by atoms with Crippen molar-refractivity contribution in [2.45, 2.75) is 25.0 Å². The van der Waals surface area contributed by atoms with Gasteiger partial charge >= 0.3 is 0 Å². The number of rotatable bonds is 8. The highest BCUT2D eigenvalue weighted by Gasteiger charge is 2.28. The van der Waals surface area contributed by atoms with Crippen LogP contribution in [-0.2, 0) is 25.4 Å². The Morgan fingerprint density at radius 3 is 2.58 bits per heavy atom. The van der Waals surface area contributed by atoms with Crippen molar-refractivity contribution in [2.75, 3.05) is 26.2 Å². The van der Waals surface area contributed by atoms with Gasteiger partial charge in [-0.15, -0.1) is 0 Å². The third-order valence-electron chi connectivity index (χ3n) is 4.38. The number of hydrogen-bond donors (Lipinski definition) is 2. The highest BCUT2D eigenvalue weighted by atomic mass is 32.2. The lowest BCUT2D eigenvalue weighted by atomic mass is 9.98. The molecule has 144 valence electrons. The van der Waals surface area contributed by atoms with E-state index in [0.29, 0.717) is 38.0 Å². The van der Waals surface area contributed by atoms with Crippen molar-refractivity contribution in [1.82, 2.24) is 9.62 Å². The predicted octanol–water partition coefficient (Wildman–Crippen LogP) is 0.402. The van der Waals surface area contributed by atoms with E-state index in [-0.39, 0.29) is 24.6 Å². The average molecular weight is 385 g/mol. The van der Waals surface area contributed by atoms with E-state index in [1.807, 2.05) is 0 Å². The minimum atomic E-state index is -3.52. The molecule has 26 heavy (non-hydrogen) atoms. The van der Waals surface area contributed by atoms with Crippen molar-refractivity contribution in [2.24, 2.45) is 11.7 Å². The molecule has 2 rings (SSSR count). The largest absolute Gasteiger partial charge is 0.349 e. The van der Waals surface area contributed by atoms with Gasteiger partial charge in [0.05, 0.1) is 5.75 Å². The second kappa shape index (κ2) is 9.20. The number of amides is 1. The van der Waals surface area contributed by atoms with E-state index in [1.54, 1.807) is 6.07 Å². The maximum Gasteiger partial charge on any atom is 0.287 e. The molecule has 0 saturated carbocycles. The van der Waals surface area contributed by atoms with E-state index in [0.717, 1.165) is 0 Å². The van der Waals surface area contributed by atoms with Crippen LogP contribution < -0.4 is 11.1 Å². The van der Waals surface area contributed by atoms with Gasteiger partial charge in [-0.3, -0.25) is 9.59 Å². The highest BCUT2D eigenvalue weighted by Crippen LogP contribution is 2.21. The van der Waals surface area contributed by atoms with Crippen LogP contribution in [0.4, 0.5) is 4.39 Å². The number of nitrogens with one attached hydrogen (secondary N) is 1. The molecule has 1 aromatic rings. The van der Waals surface area contributed by atoms with E-state index in [9.17, 15) is 22.4 Å². The maximum absolute atomic E-state index is 13.2. The first-order valence-electron chi connectivity index (χ1n) is 8.55. The molecule has 1 amide bonds. The van der Waals surface area contributed by atoms with Crippen LogP contribution in [0.15, 0.2) is 24.3 Å². The Morgan fingerprint density at radius 2 is 1.96 bits per heavy atom. The average Bonchev–Trinajstić information content (AvgIpc) is 2.60. The van der Waals surface area contributed by atoms with Gasteiger partial charge in [0.25, 0.3) is 5.91 Å². The number of piperidine rings is 1. The van der Waals surface area contributed by atoms with Crippen LogP contribution in [0.5, 0.6) is 0 Å². The molecule has 0 aromatic heterocycles. The van der Waals surface area contributed by atoms with Gasteiger partial charge in [-0.1, -0.05) is 12.1 Å². The Kier molecular flexibility index (Phi) is 7.24. The van der Waals surface area contributed by atoms with Gasteiger partial charge in [-0.2, -0.15) is 0 Å². The molecule has 9 heteroatoms. The lowest BCUT2D eigenvalue weighted by Crippen LogP contribution is -2.43. The van der Waals surface area contributed by atoms with Gasteiger partial charge < -0.3 is 11.1 Å². The Bertz CT molecular complexity index is 746. The summed E-state index contributed by atoms with van der Waals surface area (Å²) >= 11 is 0. The Morgan fingerprint density at radius 1 is 1.27 bits per heavy atom. The number of sulfonamides is 1. The topological polar surface area (TPSA) is 110 Å². The molecule has 3 N–H and O–H groups in total. The molecule has 0 bridgehead atoms. The van der Waals surface area contributed by atoms with Crippen molar-refractivity contribution in [1.29, 1.82) is 0 Å². The fraction of sp³-hybridized carbons (Fsp3) is 0.529. The summed E-state index contributed by atoms with van der Waals surface area (Å²) in [5, 5.41) is 2.58. The number of nitrogens with zero attached hydrogens (tertiary/aromatic N) is 1. The summed E-state index contributed by atoms with van der Waals surface area (Å²) in [5.74, 6) is -1.76. The number of ketones is 1. The minimum absolute atomic E-state index is 0.0165. The summed E-state index contributed by atoms with van der Waals surface area (Å²) in [6.45, 7) is 1.16. The van der Waals surface area contributed by atoms with Crippen LogP contribution >= 0.6 is 0 Å². The molecular weight excluding hydrogens is 361 g/mol. The standard InChI is InChI=1S/C17H24FN3O4S/c18-15-3-1-2-14(10-15)12-26(24,25)21-8-5-13(6-9-21)11-20-17(23)16(22)4-7-19/h1-3,10,13H,4-9,11-12,19H2,(H,20,23). The molecule has 0 spiro atoms. The quantitative estimate of drug-likeness (QED) is 0.630. The van der Waals surface area contributed by atoms with Crippen LogP contribution in [0.25, 0.3) is 0 Å².